The summed E-state index contributed by atoms with van der Waals surface area (Å²) in [6.45, 7) is 17.2. The van der Waals surface area contributed by atoms with Gasteiger partial charge in [0.05, 0.1) is 29.8 Å². The van der Waals surface area contributed by atoms with Crippen LogP contribution in [0.25, 0.3) is 6.08 Å². The molecule has 0 amide bonds. The number of rotatable bonds is 7. The quantitative estimate of drug-likeness (QED) is 0.490. The molecule has 0 aliphatic rings. The van der Waals surface area contributed by atoms with Crippen LogP contribution in [-0.2, 0) is 14.0 Å². The van der Waals surface area contributed by atoms with Crippen molar-refractivity contribution in [3.8, 4) is 0 Å². The Hall–Kier alpha value is -0.983. The number of thiazole rings is 1. The minimum absolute atomic E-state index is 0.0808. The second-order valence-electron chi connectivity index (χ2n) is 7.56. The number of hydrogen-bond acceptors (Lipinski definition) is 5. The van der Waals surface area contributed by atoms with E-state index in [1.54, 1.807) is 11.3 Å². The molecule has 1 rings (SSSR count). The molecule has 0 aliphatic heterocycles. The Bertz CT molecular complexity index is 587. The molecule has 0 radical (unpaired) electrons. The van der Waals surface area contributed by atoms with Crippen molar-refractivity contribution in [2.45, 2.75) is 72.2 Å². The zero-order valence-corrected chi connectivity index (χ0v) is 18.0. The van der Waals surface area contributed by atoms with Gasteiger partial charge >= 0.3 is 5.97 Å². The smallest absolute Gasteiger partial charge is 0.308 e. The van der Waals surface area contributed by atoms with Crippen molar-refractivity contribution < 1.29 is 14.0 Å². The van der Waals surface area contributed by atoms with Gasteiger partial charge in [-0.05, 0) is 50.6 Å². The fraction of sp³-hybridized carbons (Fsp3) is 0.667. The third kappa shape index (κ3) is 6.15. The fourth-order valence-corrected chi connectivity index (χ4v) is 3.88. The van der Waals surface area contributed by atoms with Crippen LogP contribution >= 0.6 is 11.3 Å². The van der Waals surface area contributed by atoms with Gasteiger partial charge < -0.3 is 9.16 Å². The van der Waals surface area contributed by atoms with Gasteiger partial charge in [-0.2, -0.15) is 0 Å². The summed E-state index contributed by atoms with van der Waals surface area (Å²) in [5, 5.41) is 3.13. The summed E-state index contributed by atoms with van der Waals surface area (Å²) < 4.78 is 11.6. The van der Waals surface area contributed by atoms with Gasteiger partial charge in [-0.1, -0.05) is 20.8 Å². The van der Waals surface area contributed by atoms with E-state index in [-0.39, 0.29) is 23.5 Å². The largest absolute Gasteiger partial charge is 0.466 e. The van der Waals surface area contributed by atoms with Crippen LogP contribution in [0.4, 0.5) is 0 Å². The van der Waals surface area contributed by atoms with Gasteiger partial charge in [-0.15, -0.1) is 11.3 Å². The summed E-state index contributed by atoms with van der Waals surface area (Å²) in [4.78, 5) is 16.5. The lowest BCUT2D eigenvalue weighted by atomic mass is 10.1. The van der Waals surface area contributed by atoms with Crippen LogP contribution < -0.4 is 0 Å². The molecule has 1 atom stereocenters. The van der Waals surface area contributed by atoms with Crippen molar-refractivity contribution >= 4 is 31.7 Å². The SMILES string of the molecule is CCOC(=O)C[C@H](O[Si](C)(C)C(C)(C)C)C(C)=Cc1csc(C)n1. The lowest BCUT2D eigenvalue weighted by molar-refractivity contribution is -0.144. The number of carbonyl (C=O) groups is 1. The molecule has 0 aromatic carbocycles. The molecule has 136 valence electrons. The maximum Gasteiger partial charge on any atom is 0.308 e. The van der Waals surface area contributed by atoms with E-state index in [1.807, 2.05) is 32.2 Å². The molecule has 4 nitrogen and oxygen atoms in total. The summed E-state index contributed by atoms with van der Waals surface area (Å²) in [7, 11) is -2.00. The van der Waals surface area contributed by atoms with Gasteiger partial charge in [0.1, 0.15) is 0 Å². The van der Waals surface area contributed by atoms with Crippen molar-refractivity contribution in [2.24, 2.45) is 0 Å². The number of ether oxygens (including phenoxy) is 1. The molecule has 0 fully saturated rings. The van der Waals surface area contributed by atoms with Crippen molar-refractivity contribution in [2.75, 3.05) is 6.61 Å². The zero-order valence-electron chi connectivity index (χ0n) is 16.2. The van der Waals surface area contributed by atoms with E-state index in [2.05, 4.69) is 38.8 Å². The summed E-state index contributed by atoms with van der Waals surface area (Å²) in [5.41, 5.74) is 1.93. The van der Waals surface area contributed by atoms with Gasteiger partial charge in [0.25, 0.3) is 0 Å². The van der Waals surface area contributed by atoms with Crippen LogP contribution in [0.3, 0.4) is 0 Å². The van der Waals surface area contributed by atoms with Crippen LogP contribution in [0.5, 0.6) is 0 Å². The summed E-state index contributed by atoms with van der Waals surface area (Å²) in [6.07, 6.45) is 1.98. The van der Waals surface area contributed by atoms with Crippen LogP contribution in [0.2, 0.25) is 18.1 Å². The minimum atomic E-state index is -2.00. The number of aromatic nitrogens is 1. The Morgan fingerprint density at radius 3 is 2.50 bits per heavy atom. The molecule has 0 aliphatic carbocycles. The lowest BCUT2D eigenvalue weighted by Crippen LogP contribution is -2.44. The predicted octanol–water partition coefficient (Wildman–Crippen LogP) is 5.20. The van der Waals surface area contributed by atoms with Gasteiger partial charge in [-0.3, -0.25) is 4.79 Å². The molecule has 0 N–H and O–H groups in total. The van der Waals surface area contributed by atoms with Crippen LogP contribution in [0, 0.1) is 6.92 Å². The number of nitrogens with zero attached hydrogens (tertiary/aromatic N) is 1. The van der Waals surface area contributed by atoms with E-state index < -0.39 is 8.32 Å². The molecule has 0 saturated heterocycles. The standard InChI is InChI=1S/C18H31NO3SSi/c1-9-21-17(20)11-16(22-24(7,8)18(4,5)6)13(2)10-15-12-23-14(3)19-15/h10,12,16H,9,11H2,1-8H3/t16-/m0/s1. The van der Waals surface area contributed by atoms with Gasteiger partial charge in [0.2, 0.25) is 0 Å². The second kappa shape index (κ2) is 8.40. The lowest BCUT2D eigenvalue weighted by Gasteiger charge is -2.39. The van der Waals surface area contributed by atoms with E-state index >= 15 is 0 Å². The highest BCUT2D eigenvalue weighted by molar-refractivity contribution is 7.09. The number of carbonyl (C=O) groups excluding carboxylic acids is 1. The average Bonchev–Trinajstić information content (AvgIpc) is 2.82. The molecule has 0 unspecified atom stereocenters. The Labute approximate surface area is 151 Å². The molecular weight excluding hydrogens is 338 g/mol. The van der Waals surface area contributed by atoms with E-state index in [0.717, 1.165) is 16.3 Å². The summed E-state index contributed by atoms with van der Waals surface area (Å²) in [6, 6.07) is 0. The van der Waals surface area contributed by atoms with Crippen LogP contribution in [0.15, 0.2) is 11.0 Å². The van der Waals surface area contributed by atoms with E-state index in [4.69, 9.17) is 9.16 Å². The maximum atomic E-state index is 12.0. The Balaban J connectivity index is 3.04. The van der Waals surface area contributed by atoms with E-state index in [1.165, 1.54) is 0 Å². The second-order valence-corrected chi connectivity index (χ2v) is 13.4. The molecule has 0 saturated carbocycles. The first-order chi connectivity index (χ1) is 11.0. The average molecular weight is 370 g/mol. The topological polar surface area (TPSA) is 48.4 Å². The summed E-state index contributed by atoms with van der Waals surface area (Å²) in [5.74, 6) is -0.219. The molecule has 0 spiro atoms. The highest BCUT2D eigenvalue weighted by Crippen LogP contribution is 2.38. The third-order valence-corrected chi connectivity index (χ3v) is 9.70. The molecule has 1 aromatic rings. The molecule has 24 heavy (non-hydrogen) atoms. The Kier molecular flexibility index (Phi) is 7.37. The van der Waals surface area contributed by atoms with E-state index in [9.17, 15) is 4.79 Å². The van der Waals surface area contributed by atoms with Crippen molar-refractivity contribution in [1.29, 1.82) is 0 Å². The zero-order chi connectivity index (χ0) is 18.5. The fourth-order valence-electron chi connectivity index (χ4n) is 1.97. The molecule has 1 aromatic heterocycles. The molecular formula is C18H31NO3SSi. The first kappa shape index (κ1) is 21.1. The maximum absolute atomic E-state index is 12.0. The predicted molar refractivity (Wildman–Crippen MR) is 104 cm³/mol. The highest BCUT2D eigenvalue weighted by atomic mass is 32.1. The van der Waals surface area contributed by atoms with Crippen molar-refractivity contribution in [1.82, 2.24) is 4.98 Å². The minimum Gasteiger partial charge on any atom is -0.466 e. The Morgan fingerprint density at radius 2 is 2.04 bits per heavy atom. The van der Waals surface area contributed by atoms with E-state index in [0.29, 0.717) is 6.61 Å². The van der Waals surface area contributed by atoms with Crippen LogP contribution in [0.1, 0.15) is 51.7 Å². The number of hydrogen-bond donors (Lipinski definition) is 0. The molecule has 1 heterocycles. The third-order valence-electron chi connectivity index (χ3n) is 4.42. The van der Waals surface area contributed by atoms with Crippen LogP contribution in [-0.4, -0.2) is 32.0 Å². The van der Waals surface area contributed by atoms with Gasteiger partial charge in [-0.25, -0.2) is 4.98 Å². The number of esters is 1. The van der Waals surface area contributed by atoms with Gasteiger partial charge in [0.15, 0.2) is 8.32 Å². The van der Waals surface area contributed by atoms with Crippen molar-refractivity contribution in [3.05, 3.63) is 21.7 Å². The molecule has 0 bridgehead atoms. The Morgan fingerprint density at radius 1 is 1.42 bits per heavy atom. The molecule has 6 heteroatoms. The highest BCUT2D eigenvalue weighted by Gasteiger charge is 2.40. The van der Waals surface area contributed by atoms with Gasteiger partial charge in [0, 0.05) is 5.38 Å². The summed E-state index contributed by atoms with van der Waals surface area (Å²) >= 11 is 1.62. The monoisotopic (exact) mass is 369 g/mol. The first-order valence-corrected chi connectivity index (χ1v) is 12.2. The normalized spacial score (nSPS) is 14.6. The van der Waals surface area contributed by atoms with Crippen molar-refractivity contribution in [3.63, 3.8) is 0 Å². The first-order valence-electron chi connectivity index (χ1n) is 8.40. The number of aryl methyl sites for hydroxylation is 1.